The van der Waals surface area contributed by atoms with Gasteiger partial charge in [-0.05, 0) is 24.5 Å². The molecule has 1 aromatic carbocycles. The lowest BCUT2D eigenvalue weighted by atomic mass is 10.1. The molecule has 0 heterocycles. The first-order valence-electron chi connectivity index (χ1n) is 5.90. The summed E-state index contributed by atoms with van der Waals surface area (Å²) in [6, 6.07) is 4.37. The lowest BCUT2D eigenvalue weighted by Crippen LogP contribution is -2.25. The van der Waals surface area contributed by atoms with E-state index in [2.05, 4.69) is 5.32 Å². The van der Waals surface area contributed by atoms with Gasteiger partial charge in [0.15, 0.2) is 0 Å². The number of hydrogen-bond donors (Lipinski definition) is 2. The molecular weight excluding hydrogens is 234 g/mol. The van der Waals surface area contributed by atoms with E-state index in [0.29, 0.717) is 12.5 Å². The molecule has 0 radical (unpaired) electrons. The second-order valence-corrected chi connectivity index (χ2v) is 4.49. The summed E-state index contributed by atoms with van der Waals surface area (Å²) in [5, 5.41) is 13.6. The highest BCUT2D eigenvalue weighted by molar-refractivity contribution is 6.00. The third-order valence-electron chi connectivity index (χ3n) is 3.03. The zero-order valence-corrected chi connectivity index (χ0v) is 9.89. The number of carbonyl (C=O) groups is 1. The fourth-order valence-corrected chi connectivity index (χ4v) is 1.84. The Bertz CT molecular complexity index is 483. The largest absolute Gasteiger partial charge is 0.393 e. The van der Waals surface area contributed by atoms with Crippen LogP contribution in [-0.2, 0) is 0 Å². The predicted molar refractivity (Wildman–Crippen MR) is 67.2 cm³/mol. The number of amides is 1. The van der Waals surface area contributed by atoms with Crippen LogP contribution in [0, 0.1) is 16.0 Å². The first-order valence-corrected chi connectivity index (χ1v) is 5.90. The molecule has 0 unspecified atom stereocenters. The van der Waals surface area contributed by atoms with Gasteiger partial charge in [0.1, 0.15) is 11.3 Å². The molecule has 1 aliphatic carbocycles. The van der Waals surface area contributed by atoms with Crippen LogP contribution >= 0.6 is 0 Å². The van der Waals surface area contributed by atoms with Crippen LogP contribution in [0.25, 0.3) is 0 Å². The molecule has 0 spiro atoms. The Hall–Kier alpha value is -2.11. The van der Waals surface area contributed by atoms with Gasteiger partial charge in [0.2, 0.25) is 0 Å². The minimum atomic E-state index is -0.620. The van der Waals surface area contributed by atoms with Crippen LogP contribution in [0.4, 0.5) is 11.4 Å². The average Bonchev–Trinajstić information content (AvgIpc) is 3.12. The average molecular weight is 249 g/mol. The Kier molecular flexibility index (Phi) is 3.45. The van der Waals surface area contributed by atoms with Gasteiger partial charge in [0, 0.05) is 6.54 Å². The number of anilines is 1. The number of nitrogens with two attached hydrogens (primary N) is 1. The molecule has 96 valence electrons. The Morgan fingerprint density at radius 1 is 1.50 bits per heavy atom. The van der Waals surface area contributed by atoms with E-state index in [1.807, 2.05) is 0 Å². The molecule has 0 saturated heterocycles. The maximum absolute atomic E-state index is 11.9. The zero-order chi connectivity index (χ0) is 13.1. The lowest BCUT2D eigenvalue weighted by Gasteiger charge is -2.06. The fraction of sp³-hybridized carbons (Fsp3) is 0.417. The first kappa shape index (κ1) is 12.3. The summed E-state index contributed by atoms with van der Waals surface area (Å²) >= 11 is 0. The first-order chi connectivity index (χ1) is 8.59. The molecule has 1 amide bonds. The van der Waals surface area contributed by atoms with Gasteiger partial charge >= 0.3 is 5.69 Å². The van der Waals surface area contributed by atoms with Crippen LogP contribution in [0.2, 0.25) is 0 Å². The topological polar surface area (TPSA) is 98.3 Å². The lowest BCUT2D eigenvalue weighted by molar-refractivity contribution is -0.384. The van der Waals surface area contributed by atoms with Gasteiger partial charge < -0.3 is 11.1 Å². The van der Waals surface area contributed by atoms with E-state index in [0.717, 1.165) is 6.42 Å². The summed E-state index contributed by atoms with van der Waals surface area (Å²) in [5.41, 5.74) is 5.24. The number of nitro groups is 1. The van der Waals surface area contributed by atoms with E-state index in [4.69, 9.17) is 5.73 Å². The smallest absolute Gasteiger partial charge is 0.304 e. The molecule has 1 fully saturated rings. The summed E-state index contributed by atoms with van der Waals surface area (Å²) < 4.78 is 0. The molecule has 6 nitrogen and oxygen atoms in total. The molecule has 1 aromatic rings. The van der Waals surface area contributed by atoms with Crippen LogP contribution in [0.1, 0.15) is 29.6 Å². The van der Waals surface area contributed by atoms with Crippen LogP contribution in [-0.4, -0.2) is 17.4 Å². The number of nitrogens with one attached hydrogen (secondary N) is 1. The van der Waals surface area contributed by atoms with Crippen molar-refractivity contribution < 1.29 is 9.72 Å². The molecule has 1 aliphatic rings. The number of rotatable bonds is 5. The highest BCUT2D eigenvalue weighted by Gasteiger charge is 2.24. The van der Waals surface area contributed by atoms with Crippen LogP contribution in [0.15, 0.2) is 18.2 Å². The number of nitrogens with zero attached hydrogens (tertiary/aromatic N) is 1. The van der Waals surface area contributed by atoms with Crippen molar-refractivity contribution in [1.82, 2.24) is 5.32 Å². The van der Waals surface area contributed by atoms with Gasteiger partial charge in [-0.25, -0.2) is 0 Å². The molecule has 18 heavy (non-hydrogen) atoms. The summed E-state index contributed by atoms with van der Waals surface area (Å²) in [5.74, 6) is 0.274. The van der Waals surface area contributed by atoms with Crippen molar-refractivity contribution in [3.63, 3.8) is 0 Å². The molecule has 6 heteroatoms. The maximum atomic E-state index is 11.9. The number of nitro benzene ring substituents is 1. The minimum absolute atomic E-state index is 0.00911. The predicted octanol–water partition coefficient (Wildman–Crippen LogP) is 1.71. The van der Waals surface area contributed by atoms with Crippen LogP contribution in [0.3, 0.4) is 0 Å². The molecule has 1 saturated carbocycles. The fourth-order valence-electron chi connectivity index (χ4n) is 1.84. The van der Waals surface area contributed by atoms with Gasteiger partial charge in [-0.3, -0.25) is 14.9 Å². The SMILES string of the molecule is Nc1cccc(C(=O)NCCC2CC2)c1[N+](=O)[O-]. The highest BCUT2D eigenvalue weighted by Crippen LogP contribution is 2.31. The van der Waals surface area contributed by atoms with Crippen molar-refractivity contribution in [3.8, 4) is 0 Å². The standard InChI is InChI=1S/C12H15N3O3/c13-10-3-1-2-9(11(10)15(17)18)12(16)14-7-6-8-4-5-8/h1-3,8H,4-7,13H2,(H,14,16). The Balaban J connectivity index is 2.08. The number of para-hydroxylation sites is 1. The summed E-state index contributed by atoms with van der Waals surface area (Å²) in [4.78, 5) is 22.1. The third kappa shape index (κ3) is 2.77. The Morgan fingerprint density at radius 2 is 2.22 bits per heavy atom. The van der Waals surface area contributed by atoms with E-state index in [1.54, 1.807) is 0 Å². The van der Waals surface area contributed by atoms with Gasteiger partial charge in [-0.2, -0.15) is 0 Å². The molecule has 0 atom stereocenters. The highest BCUT2D eigenvalue weighted by atomic mass is 16.6. The van der Waals surface area contributed by atoms with Crippen molar-refractivity contribution in [2.75, 3.05) is 12.3 Å². The van der Waals surface area contributed by atoms with Crippen molar-refractivity contribution in [2.24, 2.45) is 5.92 Å². The normalized spacial score (nSPS) is 14.2. The number of hydrogen-bond acceptors (Lipinski definition) is 4. The molecule has 3 N–H and O–H groups in total. The van der Waals surface area contributed by atoms with E-state index in [1.165, 1.54) is 31.0 Å². The third-order valence-corrected chi connectivity index (χ3v) is 3.03. The minimum Gasteiger partial charge on any atom is -0.393 e. The molecule has 0 aliphatic heterocycles. The summed E-state index contributed by atoms with van der Waals surface area (Å²) in [7, 11) is 0. The van der Waals surface area contributed by atoms with Crippen molar-refractivity contribution in [3.05, 3.63) is 33.9 Å². The van der Waals surface area contributed by atoms with E-state index >= 15 is 0 Å². The number of nitrogen functional groups attached to an aromatic ring is 1. The second kappa shape index (κ2) is 5.03. The van der Waals surface area contributed by atoms with Crippen LogP contribution < -0.4 is 11.1 Å². The van der Waals surface area contributed by atoms with E-state index in [-0.39, 0.29) is 16.9 Å². The monoisotopic (exact) mass is 249 g/mol. The molecule has 2 rings (SSSR count). The van der Waals surface area contributed by atoms with Crippen LogP contribution in [0.5, 0.6) is 0 Å². The number of carbonyl (C=O) groups excluding carboxylic acids is 1. The summed E-state index contributed by atoms with van der Waals surface area (Å²) in [6.07, 6.45) is 3.37. The maximum Gasteiger partial charge on any atom is 0.304 e. The van der Waals surface area contributed by atoms with Crippen molar-refractivity contribution in [1.29, 1.82) is 0 Å². The Labute approximate surface area is 104 Å². The van der Waals surface area contributed by atoms with Gasteiger partial charge in [0.05, 0.1) is 4.92 Å². The molecular formula is C12H15N3O3. The van der Waals surface area contributed by atoms with Gasteiger partial charge in [-0.1, -0.05) is 18.9 Å². The Morgan fingerprint density at radius 3 is 2.83 bits per heavy atom. The van der Waals surface area contributed by atoms with E-state index < -0.39 is 10.8 Å². The number of benzene rings is 1. The molecule has 0 bridgehead atoms. The van der Waals surface area contributed by atoms with Crippen molar-refractivity contribution in [2.45, 2.75) is 19.3 Å². The van der Waals surface area contributed by atoms with E-state index in [9.17, 15) is 14.9 Å². The quantitative estimate of drug-likeness (QED) is 0.471. The van der Waals surface area contributed by atoms with Gasteiger partial charge in [-0.15, -0.1) is 0 Å². The second-order valence-electron chi connectivity index (χ2n) is 4.49. The molecule has 0 aromatic heterocycles. The van der Waals surface area contributed by atoms with Crippen molar-refractivity contribution >= 4 is 17.3 Å². The summed E-state index contributed by atoms with van der Waals surface area (Å²) in [6.45, 7) is 0.551. The zero-order valence-electron chi connectivity index (χ0n) is 9.89. The van der Waals surface area contributed by atoms with Gasteiger partial charge in [0.25, 0.3) is 5.91 Å².